The highest BCUT2D eigenvalue weighted by Crippen LogP contribution is 2.18. The Bertz CT molecular complexity index is 274. The van der Waals surface area contributed by atoms with Gasteiger partial charge in [0.1, 0.15) is 0 Å². The Kier molecular flexibility index (Phi) is 5.91. The molecule has 0 N–H and O–H groups in total. The fraction of sp³-hybridized carbons (Fsp3) is 0.538. The standard InChI is InChI=1S/C13H21N/c1-7-12(10(3)4)9-13(11(5)6)14-8-2/h7,9-11H,2H2,1,3-6H3/b12-7+,13-9-. The molecule has 0 amide bonds. The van der Waals surface area contributed by atoms with Crippen LogP contribution in [0.25, 0.3) is 0 Å². The zero-order valence-electron chi connectivity index (χ0n) is 9.96. The van der Waals surface area contributed by atoms with Crippen LogP contribution in [0, 0.1) is 11.8 Å². The van der Waals surface area contributed by atoms with Crippen LogP contribution < -0.4 is 0 Å². The van der Waals surface area contributed by atoms with E-state index in [1.807, 2.05) is 0 Å². The van der Waals surface area contributed by atoms with Crippen LogP contribution in [0.4, 0.5) is 0 Å². The average Bonchev–Trinajstić information content (AvgIpc) is 2.11. The second-order valence-corrected chi connectivity index (χ2v) is 3.94. The quantitative estimate of drug-likeness (QED) is 0.471. The van der Waals surface area contributed by atoms with E-state index in [0.717, 1.165) is 5.70 Å². The molecule has 0 aliphatic carbocycles. The summed E-state index contributed by atoms with van der Waals surface area (Å²) in [6.45, 7) is 14.2. The first-order valence-corrected chi connectivity index (χ1v) is 5.13. The predicted molar refractivity (Wildman–Crippen MR) is 64.6 cm³/mol. The molecule has 0 rings (SSSR count). The third-order valence-electron chi connectivity index (χ3n) is 2.11. The molecule has 0 saturated heterocycles. The number of allylic oxidation sites excluding steroid dienone is 4. The van der Waals surface area contributed by atoms with Crippen molar-refractivity contribution < 1.29 is 0 Å². The van der Waals surface area contributed by atoms with Crippen molar-refractivity contribution in [2.24, 2.45) is 16.8 Å². The van der Waals surface area contributed by atoms with Gasteiger partial charge in [0.15, 0.2) is 0 Å². The third kappa shape index (κ3) is 4.25. The lowest BCUT2D eigenvalue weighted by atomic mass is 9.99. The van der Waals surface area contributed by atoms with Crippen LogP contribution in [0.3, 0.4) is 0 Å². The number of hydrogen-bond acceptors (Lipinski definition) is 1. The molecule has 0 bridgehead atoms. The molecule has 0 fully saturated rings. The number of aliphatic imine (C=N–C) groups is 1. The van der Waals surface area contributed by atoms with Gasteiger partial charge in [-0.15, -0.1) is 0 Å². The third-order valence-corrected chi connectivity index (χ3v) is 2.11. The Morgan fingerprint density at radius 2 is 1.79 bits per heavy atom. The van der Waals surface area contributed by atoms with Crippen LogP contribution in [0.5, 0.6) is 0 Å². The lowest BCUT2D eigenvalue weighted by molar-refractivity contribution is 0.741. The van der Waals surface area contributed by atoms with E-state index in [0.29, 0.717) is 11.8 Å². The topological polar surface area (TPSA) is 12.4 Å². The highest BCUT2D eigenvalue weighted by atomic mass is 14.7. The second-order valence-electron chi connectivity index (χ2n) is 3.94. The van der Waals surface area contributed by atoms with Gasteiger partial charge in [0.25, 0.3) is 0 Å². The minimum atomic E-state index is 0.415. The molecule has 0 heterocycles. The molecular formula is C13H21N. The van der Waals surface area contributed by atoms with Crippen molar-refractivity contribution in [3.8, 4) is 0 Å². The first-order chi connectivity index (χ1) is 6.52. The molecule has 0 unspecified atom stereocenters. The first-order valence-electron chi connectivity index (χ1n) is 5.13. The molecule has 78 valence electrons. The molecule has 0 aliphatic rings. The summed E-state index contributed by atoms with van der Waals surface area (Å²) in [5, 5.41) is 0. The highest BCUT2D eigenvalue weighted by Gasteiger charge is 2.04. The van der Waals surface area contributed by atoms with E-state index in [4.69, 9.17) is 0 Å². The Labute approximate surface area is 87.9 Å². The Morgan fingerprint density at radius 1 is 1.21 bits per heavy atom. The summed E-state index contributed by atoms with van der Waals surface area (Å²) in [5.74, 6) is 3.55. The molecule has 0 radical (unpaired) electrons. The number of hydrogen-bond donors (Lipinski definition) is 0. The van der Waals surface area contributed by atoms with E-state index in [1.54, 1.807) is 0 Å². The number of nitrogens with zero attached hydrogens (tertiary/aromatic N) is 1. The summed E-state index contributed by atoms with van der Waals surface area (Å²) < 4.78 is 0. The SMILES string of the molecule is C=C=N/C(=C\C(=C/C)C(C)C)C(C)C. The van der Waals surface area contributed by atoms with Gasteiger partial charge in [0.2, 0.25) is 0 Å². The van der Waals surface area contributed by atoms with Crippen LogP contribution in [0.1, 0.15) is 34.6 Å². The van der Waals surface area contributed by atoms with Crippen molar-refractivity contribution in [3.63, 3.8) is 0 Å². The average molecular weight is 191 g/mol. The Morgan fingerprint density at radius 3 is 2.07 bits per heavy atom. The summed E-state index contributed by atoms with van der Waals surface area (Å²) in [7, 11) is 0. The van der Waals surface area contributed by atoms with Gasteiger partial charge in [-0.3, -0.25) is 0 Å². The van der Waals surface area contributed by atoms with Gasteiger partial charge >= 0.3 is 0 Å². The molecule has 1 heteroatoms. The summed E-state index contributed by atoms with van der Waals surface area (Å²) in [4.78, 5) is 4.15. The molecule has 0 atom stereocenters. The molecule has 0 aromatic carbocycles. The lowest BCUT2D eigenvalue weighted by Crippen LogP contribution is -1.96. The second kappa shape index (κ2) is 6.39. The van der Waals surface area contributed by atoms with E-state index < -0.39 is 0 Å². The molecule has 0 aromatic heterocycles. The normalized spacial score (nSPS) is 13.4. The van der Waals surface area contributed by atoms with Crippen LogP contribution in [0.15, 0.2) is 35.0 Å². The molecule has 0 aromatic rings. The van der Waals surface area contributed by atoms with Crippen molar-refractivity contribution >= 4 is 5.87 Å². The van der Waals surface area contributed by atoms with Crippen LogP contribution in [-0.2, 0) is 0 Å². The Hall–Kier alpha value is -1.07. The maximum Gasteiger partial charge on any atom is 0.0531 e. The van der Waals surface area contributed by atoms with E-state index in [-0.39, 0.29) is 0 Å². The predicted octanol–water partition coefficient (Wildman–Crippen LogP) is 3.98. The van der Waals surface area contributed by atoms with Gasteiger partial charge in [-0.05, 0) is 42.9 Å². The molecule has 0 aliphatic heterocycles. The van der Waals surface area contributed by atoms with Gasteiger partial charge in [-0.1, -0.05) is 33.8 Å². The summed E-state index contributed by atoms with van der Waals surface area (Å²) >= 11 is 0. The Balaban J connectivity index is 4.98. The van der Waals surface area contributed by atoms with Gasteiger partial charge in [0, 0.05) is 0 Å². The summed E-state index contributed by atoms with van der Waals surface area (Å²) in [6.07, 6.45) is 4.26. The molecule has 14 heavy (non-hydrogen) atoms. The maximum atomic E-state index is 4.15. The fourth-order valence-electron chi connectivity index (χ4n) is 1.17. The lowest BCUT2D eigenvalue weighted by Gasteiger charge is -2.09. The zero-order valence-corrected chi connectivity index (χ0v) is 9.96. The minimum Gasteiger partial charge on any atom is -0.211 e. The van der Waals surface area contributed by atoms with Gasteiger partial charge in [-0.25, -0.2) is 4.99 Å². The van der Waals surface area contributed by atoms with E-state index in [1.165, 1.54) is 5.57 Å². The maximum absolute atomic E-state index is 4.15. The zero-order chi connectivity index (χ0) is 11.1. The first kappa shape index (κ1) is 12.9. The van der Waals surface area contributed by atoms with Crippen LogP contribution in [-0.4, -0.2) is 5.87 Å². The van der Waals surface area contributed by atoms with Gasteiger partial charge < -0.3 is 0 Å². The van der Waals surface area contributed by atoms with Gasteiger partial charge in [-0.2, -0.15) is 0 Å². The largest absolute Gasteiger partial charge is 0.211 e. The molecule has 0 saturated carbocycles. The van der Waals surface area contributed by atoms with Crippen molar-refractivity contribution in [3.05, 3.63) is 30.0 Å². The monoisotopic (exact) mass is 191 g/mol. The highest BCUT2D eigenvalue weighted by molar-refractivity contribution is 5.49. The molecule has 1 nitrogen and oxygen atoms in total. The summed E-state index contributed by atoms with van der Waals surface area (Å²) in [5.41, 5.74) is 2.36. The van der Waals surface area contributed by atoms with Crippen LogP contribution >= 0.6 is 0 Å². The summed E-state index contributed by atoms with van der Waals surface area (Å²) in [6, 6.07) is 0. The van der Waals surface area contributed by atoms with Crippen molar-refractivity contribution in [2.75, 3.05) is 0 Å². The minimum absolute atomic E-state index is 0.415. The van der Waals surface area contributed by atoms with Gasteiger partial charge in [0.05, 0.1) is 5.70 Å². The van der Waals surface area contributed by atoms with E-state index >= 15 is 0 Å². The van der Waals surface area contributed by atoms with Crippen LogP contribution in [0.2, 0.25) is 0 Å². The molecule has 0 spiro atoms. The van der Waals surface area contributed by atoms with E-state index in [2.05, 4.69) is 64.2 Å². The smallest absolute Gasteiger partial charge is 0.0531 e. The van der Waals surface area contributed by atoms with Crippen molar-refractivity contribution in [1.82, 2.24) is 0 Å². The molecular weight excluding hydrogens is 170 g/mol. The van der Waals surface area contributed by atoms with Crippen molar-refractivity contribution in [1.29, 1.82) is 0 Å². The van der Waals surface area contributed by atoms with E-state index in [9.17, 15) is 0 Å². The fourth-order valence-corrected chi connectivity index (χ4v) is 1.17. The number of rotatable bonds is 4. The van der Waals surface area contributed by atoms with Crippen molar-refractivity contribution in [2.45, 2.75) is 34.6 Å².